The lowest BCUT2D eigenvalue weighted by molar-refractivity contribution is 0.0652. The van der Waals surface area contributed by atoms with Crippen LogP contribution < -0.4 is 5.73 Å². The molecule has 0 amide bonds. The predicted molar refractivity (Wildman–Crippen MR) is 70.2 cm³/mol. The summed E-state index contributed by atoms with van der Waals surface area (Å²) >= 11 is 0. The number of nitrogen functional groups attached to an aromatic ring is 1. The molecule has 0 radical (unpaired) electrons. The van der Waals surface area contributed by atoms with Crippen LogP contribution >= 0.6 is 0 Å². The molecule has 0 aliphatic carbocycles. The van der Waals surface area contributed by atoms with Gasteiger partial charge in [0.05, 0.1) is 11.1 Å². The first-order valence-corrected chi connectivity index (χ1v) is 5.47. The monoisotopic (exact) mass is 257 g/mol. The van der Waals surface area contributed by atoms with Crippen molar-refractivity contribution in [1.82, 2.24) is 0 Å². The summed E-state index contributed by atoms with van der Waals surface area (Å²) < 4.78 is 0. The van der Waals surface area contributed by atoms with E-state index in [1.165, 1.54) is 12.1 Å². The average Bonchev–Trinajstić information content (AvgIpc) is 2.38. The Morgan fingerprint density at radius 3 is 2.05 bits per heavy atom. The molecule has 19 heavy (non-hydrogen) atoms. The van der Waals surface area contributed by atoms with Crippen molar-refractivity contribution in [2.45, 2.75) is 0 Å². The van der Waals surface area contributed by atoms with E-state index in [9.17, 15) is 14.7 Å². The van der Waals surface area contributed by atoms with Gasteiger partial charge in [-0.3, -0.25) is 0 Å². The minimum Gasteiger partial charge on any atom is -0.478 e. The zero-order chi connectivity index (χ0) is 14.0. The van der Waals surface area contributed by atoms with Gasteiger partial charge in [-0.2, -0.15) is 0 Å². The van der Waals surface area contributed by atoms with E-state index in [1.807, 2.05) is 0 Å². The third-order valence-corrected chi connectivity index (χ3v) is 2.74. The van der Waals surface area contributed by atoms with Gasteiger partial charge in [0, 0.05) is 11.3 Å². The third-order valence-electron chi connectivity index (χ3n) is 2.74. The molecule has 0 aliphatic rings. The highest BCUT2D eigenvalue weighted by Crippen LogP contribution is 2.32. The van der Waals surface area contributed by atoms with Crippen molar-refractivity contribution >= 4 is 17.6 Å². The van der Waals surface area contributed by atoms with E-state index in [4.69, 9.17) is 10.8 Å². The normalized spacial score (nSPS) is 10.1. The Kier molecular flexibility index (Phi) is 3.20. The van der Waals surface area contributed by atoms with Gasteiger partial charge in [-0.25, -0.2) is 9.59 Å². The van der Waals surface area contributed by atoms with Crippen LogP contribution in [0.4, 0.5) is 5.69 Å². The van der Waals surface area contributed by atoms with Crippen LogP contribution in [0, 0.1) is 0 Å². The van der Waals surface area contributed by atoms with Crippen LogP contribution in [0.25, 0.3) is 11.1 Å². The van der Waals surface area contributed by atoms with Crippen molar-refractivity contribution < 1.29 is 19.8 Å². The highest BCUT2D eigenvalue weighted by molar-refractivity contribution is 6.08. The molecule has 2 aromatic carbocycles. The van der Waals surface area contributed by atoms with Crippen molar-refractivity contribution in [3.05, 3.63) is 53.6 Å². The zero-order valence-electron chi connectivity index (χ0n) is 9.83. The smallest absolute Gasteiger partial charge is 0.337 e. The van der Waals surface area contributed by atoms with Crippen molar-refractivity contribution in [2.24, 2.45) is 0 Å². The molecule has 0 heterocycles. The van der Waals surface area contributed by atoms with Gasteiger partial charge in [0.1, 0.15) is 0 Å². The molecule has 0 unspecified atom stereocenters. The van der Waals surface area contributed by atoms with Gasteiger partial charge in [-0.15, -0.1) is 0 Å². The Morgan fingerprint density at radius 2 is 1.53 bits per heavy atom. The summed E-state index contributed by atoms with van der Waals surface area (Å²) in [6.45, 7) is 0. The molecule has 0 spiro atoms. The minimum absolute atomic E-state index is 0.230. The number of carboxylic acid groups (broad SMARTS) is 2. The standard InChI is InChI=1S/C14H11NO4/c15-10-7-6-9(13(16)17)12(14(18)19)11(10)8-4-2-1-3-5-8/h1-7H,15H2,(H,16,17)(H,18,19). The Bertz CT molecular complexity index is 650. The van der Waals surface area contributed by atoms with Crippen LogP contribution in [0.15, 0.2) is 42.5 Å². The molecule has 0 bridgehead atoms. The maximum absolute atomic E-state index is 11.4. The van der Waals surface area contributed by atoms with Gasteiger partial charge < -0.3 is 15.9 Å². The van der Waals surface area contributed by atoms with Crippen molar-refractivity contribution in [1.29, 1.82) is 0 Å². The van der Waals surface area contributed by atoms with E-state index in [2.05, 4.69) is 0 Å². The van der Waals surface area contributed by atoms with E-state index in [1.54, 1.807) is 30.3 Å². The second kappa shape index (κ2) is 4.81. The maximum atomic E-state index is 11.4. The summed E-state index contributed by atoms with van der Waals surface area (Å²) in [5, 5.41) is 18.3. The topological polar surface area (TPSA) is 101 Å². The summed E-state index contributed by atoms with van der Waals surface area (Å²) in [4.78, 5) is 22.5. The summed E-state index contributed by atoms with van der Waals surface area (Å²) in [5.41, 5.74) is 6.26. The molecule has 0 fully saturated rings. The second-order valence-corrected chi connectivity index (χ2v) is 3.93. The minimum atomic E-state index is -1.32. The number of rotatable bonds is 3. The van der Waals surface area contributed by atoms with Gasteiger partial charge in [0.25, 0.3) is 0 Å². The molecular formula is C14H11NO4. The quantitative estimate of drug-likeness (QED) is 0.732. The summed E-state index contributed by atoms with van der Waals surface area (Å²) in [7, 11) is 0. The Balaban J connectivity index is 2.82. The average molecular weight is 257 g/mol. The second-order valence-electron chi connectivity index (χ2n) is 3.93. The molecule has 0 saturated carbocycles. The van der Waals surface area contributed by atoms with E-state index < -0.39 is 11.9 Å². The van der Waals surface area contributed by atoms with Gasteiger partial charge in [0.2, 0.25) is 0 Å². The molecular weight excluding hydrogens is 246 g/mol. The number of benzene rings is 2. The lowest BCUT2D eigenvalue weighted by Gasteiger charge is -2.12. The molecule has 0 aliphatic heterocycles. The number of hydrogen-bond donors (Lipinski definition) is 3. The third kappa shape index (κ3) is 2.26. The first-order valence-electron chi connectivity index (χ1n) is 5.47. The first-order chi connectivity index (χ1) is 9.02. The van der Waals surface area contributed by atoms with Crippen LogP contribution in [-0.4, -0.2) is 22.2 Å². The molecule has 0 aromatic heterocycles. The Morgan fingerprint density at radius 1 is 0.895 bits per heavy atom. The van der Waals surface area contributed by atoms with Gasteiger partial charge in [-0.1, -0.05) is 30.3 Å². The fourth-order valence-corrected chi connectivity index (χ4v) is 1.93. The molecule has 0 atom stereocenters. The predicted octanol–water partition coefficient (Wildman–Crippen LogP) is 2.33. The van der Waals surface area contributed by atoms with E-state index in [0.29, 0.717) is 5.56 Å². The number of aromatic carboxylic acids is 2. The highest BCUT2D eigenvalue weighted by atomic mass is 16.4. The molecule has 5 heteroatoms. The van der Waals surface area contributed by atoms with Gasteiger partial charge in [0.15, 0.2) is 0 Å². The largest absolute Gasteiger partial charge is 0.478 e. The van der Waals surface area contributed by atoms with Crippen LogP contribution in [0.2, 0.25) is 0 Å². The zero-order valence-corrected chi connectivity index (χ0v) is 9.83. The van der Waals surface area contributed by atoms with E-state index >= 15 is 0 Å². The lowest BCUT2D eigenvalue weighted by Crippen LogP contribution is -2.11. The Labute approximate surface area is 108 Å². The van der Waals surface area contributed by atoms with Crippen molar-refractivity contribution in [3.8, 4) is 11.1 Å². The SMILES string of the molecule is Nc1ccc(C(=O)O)c(C(=O)O)c1-c1ccccc1. The van der Waals surface area contributed by atoms with Crippen LogP contribution in [0.5, 0.6) is 0 Å². The fraction of sp³-hybridized carbons (Fsp3) is 0. The molecule has 96 valence electrons. The van der Waals surface area contributed by atoms with Gasteiger partial charge in [-0.05, 0) is 17.7 Å². The van der Waals surface area contributed by atoms with Crippen LogP contribution in [0.3, 0.4) is 0 Å². The number of carboxylic acids is 2. The summed E-state index contributed by atoms with van der Waals surface area (Å²) in [5.74, 6) is -2.61. The maximum Gasteiger partial charge on any atom is 0.337 e. The number of carbonyl (C=O) groups is 2. The van der Waals surface area contributed by atoms with Crippen molar-refractivity contribution in [3.63, 3.8) is 0 Å². The van der Waals surface area contributed by atoms with Crippen LogP contribution in [0.1, 0.15) is 20.7 Å². The summed E-state index contributed by atoms with van der Waals surface area (Å²) in [6, 6.07) is 11.2. The number of hydrogen-bond acceptors (Lipinski definition) is 3. The molecule has 4 N–H and O–H groups in total. The van der Waals surface area contributed by atoms with Crippen LogP contribution in [-0.2, 0) is 0 Å². The molecule has 2 rings (SSSR count). The van der Waals surface area contributed by atoms with E-state index in [0.717, 1.165) is 0 Å². The molecule has 2 aromatic rings. The molecule has 0 saturated heterocycles. The summed E-state index contributed by atoms with van der Waals surface area (Å²) in [6.07, 6.45) is 0. The highest BCUT2D eigenvalue weighted by Gasteiger charge is 2.22. The van der Waals surface area contributed by atoms with E-state index in [-0.39, 0.29) is 22.4 Å². The van der Waals surface area contributed by atoms with Gasteiger partial charge >= 0.3 is 11.9 Å². The number of anilines is 1. The lowest BCUT2D eigenvalue weighted by atomic mass is 9.93. The fourth-order valence-electron chi connectivity index (χ4n) is 1.93. The Hall–Kier alpha value is -2.82. The number of nitrogens with two attached hydrogens (primary N) is 1. The molecule has 5 nitrogen and oxygen atoms in total. The first kappa shape index (κ1) is 12.6. The van der Waals surface area contributed by atoms with Crippen molar-refractivity contribution in [2.75, 3.05) is 5.73 Å².